The van der Waals surface area contributed by atoms with E-state index in [2.05, 4.69) is 4.98 Å². The molecule has 1 N–H and O–H groups in total. The highest BCUT2D eigenvalue weighted by Crippen LogP contribution is 2.25. The molecule has 0 aliphatic carbocycles. The zero-order valence-corrected chi connectivity index (χ0v) is 10.7. The highest BCUT2D eigenvalue weighted by atomic mass is 35.5. The van der Waals surface area contributed by atoms with Gasteiger partial charge in [0.1, 0.15) is 10.9 Å². The number of halogens is 2. The predicted molar refractivity (Wildman–Crippen MR) is 69.2 cm³/mol. The molecular formula is C11H8Cl2N2O3. The molecule has 0 saturated carbocycles. The molecular weight excluding hydrogens is 279 g/mol. The normalized spacial score (nSPS) is 10.4. The molecule has 2 aromatic rings. The number of nitrogens with zero attached hydrogens (tertiary/aromatic N) is 1. The first kappa shape index (κ1) is 12.7. The summed E-state index contributed by atoms with van der Waals surface area (Å²) >= 11 is 11.5. The van der Waals surface area contributed by atoms with E-state index in [1.54, 1.807) is 12.1 Å². The summed E-state index contributed by atoms with van der Waals surface area (Å²) in [6.45, 7) is 0. The maximum absolute atomic E-state index is 11.7. The number of ether oxygens (including phenoxy) is 1. The van der Waals surface area contributed by atoms with Crippen LogP contribution in [-0.2, 0) is 0 Å². The van der Waals surface area contributed by atoms with Crippen LogP contribution in [0.25, 0.3) is 5.69 Å². The summed E-state index contributed by atoms with van der Waals surface area (Å²) in [6.07, 6.45) is 0. The van der Waals surface area contributed by atoms with Gasteiger partial charge in [-0.15, -0.1) is 0 Å². The van der Waals surface area contributed by atoms with Crippen molar-refractivity contribution in [3.8, 4) is 11.4 Å². The van der Waals surface area contributed by atoms with Crippen LogP contribution in [0.15, 0.2) is 33.9 Å². The third-order valence-corrected chi connectivity index (χ3v) is 2.79. The van der Waals surface area contributed by atoms with Crippen molar-refractivity contribution in [2.24, 2.45) is 0 Å². The summed E-state index contributed by atoms with van der Waals surface area (Å²) in [5.74, 6) is 0.457. The second kappa shape index (κ2) is 4.88. The molecule has 1 heterocycles. The van der Waals surface area contributed by atoms with Crippen LogP contribution in [0.5, 0.6) is 5.75 Å². The molecule has 0 spiro atoms. The van der Waals surface area contributed by atoms with Gasteiger partial charge in [-0.25, -0.2) is 9.36 Å². The number of methoxy groups -OCH3 is 1. The molecule has 7 heteroatoms. The van der Waals surface area contributed by atoms with Crippen molar-refractivity contribution in [1.29, 1.82) is 0 Å². The smallest absolute Gasteiger partial charge is 0.334 e. The molecule has 2 rings (SSSR count). The lowest BCUT2D eigenvalue weighted by molar-refractivity contribution is 0.415. The Kier molecular flexibility index (Phi) is 3.45. The number of rotatable bonds is 2. The van der Waals surface area contributed by atoms with Crippen LogP contribution >= 0.6 is 23.2 Å². The monoisotopic (exact) mass is 286 g/mol. The Bertz CT molecular complexity index is 675. The summed E-state index contributed by atoms with van der Waals surface area (Å²) in [6, 6.07) is 5.69. The minimum atomic E-state index is -0.631. The number of hydrogen-bond donors (Lipinski definition) is 1. The highest BCUT2D eigenvalue weighted by molar-refractivity contribution is 6.32. The van der Waals surface area contributed by atoms with Crippen LogP contribution in [-0.4, -0.2) is 16.7 Å². The number of benzene rings is 1. The van der Waals surface area contributed by atoms with E-state index in [-0.39, 0.29) is 5.15 Å². The third kappa shape index (κ3) is 2.27. The lowest BCUT2D eigenvalue weighted by atomic mass is 10.3. The van der Waals surface area contributed by atoms with E-state index in [0.29, 0.717) is 16.5 Å². The lowest BCUT2D eigenvalue weighted by Gasteiger charge is -2.07. The first-order chi connectivity index (χ1) is 8.52. The van der Waals surface area contributed by atoms with Crippen molar-refractivity contribution in [3.05, 3.63) is 55.3 Å². The predicted octanol–water partition coefficient (Wildman–Crippen LogP) is 1.84. The lowest BCUT2D eigenvalue weighted by Crippen LogP contribution is -2.32. The summed E-state index contributed by atoms with van der Waals surface area (Å²) in [4.78, 5) is 25.7. The van der Waals surface area contributed by atoms with Crippen molar-refractivity contribution >= 4 is 23.2 Å². The van der Waals surface area contributed by atoms with Gasteiger partial charge in [0.2, 0.25) is 0 Å². The maximum atomic E-state index is 11.7. The summed E-state index contributed by atoms with van der Waals surface area (Å²) in [5.41, 5.74) is -0.831. The molecule has 94 valence electrons. The fraction of sp³-hybridized carbons (Fsp3) is 0.0909. The SMILES string of the molecule is COc1ccc(-n2c(=O)cc(Cl)[nH]c2=O)cc1Cl. The van der Waals surface area contributed by atoms with Gasteiger partial charge in [-0.05, 0) is 18.2 Å². The average Bonchev–Trinajstić information content (AvgIpc) is 2.27. The number of H-pyrrole nitrogens is 1. The van der Waals surface area contributed by atoms with E-state index in [1.165, 1.54) is 13.2 Å². The van der Waals surface area contributed by atoms with E-state index >= 15 is 0 Å². The van der Waals surface area contributed by atoms with E-state index in [4.69, 9.17) is 27.9 Å². The van der Waals surface area contributed by atoms with Gasteiger partial charge in [-0.2, -0.15) is 0 Å². The fourth-order valence-corrected chi connectivity index (χ4v) is 1.93. The van der Waals surface area contributed by atoms with Gasteiger partial charge >= 0.3 is 5.69 Å². The van der Waals surface area contributed by atoms with Crippen molar-refractivity contribution in [2.45, 2.75) is 0 Å². The Labute approximate surface area is 112 Å². The molecule has 0 aliphatic heterocycles. The van der Waals surface area contributed by atoms with E-state index in [1.807, 2.05) is 0 Å². The Hall–Kier alpha value is -1.72. The highest BCUT2D eigenvalue weighted by Gasteiger charge is 2.08. The van der Waals surface area contributed by atoms with Gasteiger partial charge in [0.05, 0.1) is 17.8 Å². The van der Waals surface area contributed by atoms with Crippen LogP contribution < -0.4 is 16.0 Å². The van der Waals surface area contributed by atoms with Crippen molar-refractivity contribution < 1.29 is 4.74 Å². The Morgan fingerprint density at radius 2 is 1.94 bits per heavy atom. The first-order valence-corrected chi connectivity index (χ1v) is 5.64. The van der Waals surface area contributed by atoms with E-state index < -0.39 is 11.2 Å². The molecule has 0 fully saturated rings. The van der Waals surface area contributed by atoms with Crippen molar-refractivity contribution in [2.75, 3.05) is 7.11 Å². The molecule has 0 unspecified atom stereocenters. The van der Waals surface area contributed by atoms with E-state index in [9.17, 15) is 9.59 Å². The largest absolute Gasteiger partial charge is 0.495 e. The van der Waals surface area contributed by atoms with Gasteiger partial charge < -0.3 is 4.74 Å². The summed E-state index contributed by atoms with van der Waals surface area (Å²) in [5, 5.41) is 0.289. The average molecular weight is 287 g/mol. The second-order valence-electron chi connectivity index (χ2n) is 3.41. The molecule has 5 nitrogen and oxygen atoms in total. The zero-order valence-electron chi connectivity index (χ0n) is 9.24. The standard InChI is InChI=1S/C11H8Cl2N2O3/c1-18-8-3-2-6(4-7(8)12)15-10(16)5-9(13)14-11(15)17/h2-5H,1H3,(H,14,17). The first-order valence-electron chi connectivity index (χ1n) is 4.88. The molecule has 1 aromatic heterocycles. The maximum Gasteiger partial charge on any atom is 0.334 e. The number of hydrogen-bond acceptors (Lipinski definition) is 3. The molecule has 0 bridgehead atoms. The minimum absolute atomic E-state index is 0.0131. The summed E-state index contributed by atoms with van der Waals surface area (Å²) < 4.78 is 5.92. The quantitative estimate of drug-likeness (QED) is 0.857. The second-order valence-corrected chi connectivity index (χ2v) is 4.23. The van der Waals surface area contributed by atoms with Gasteiger partial charge in [-0.3, -0.25) is 9.78 Å². The number of aromatic amines is 1. The van der Waals surface area contributed by atoms with E-state index in [0.717, 1.165) is 10.6 Å². The number of nitrogens with one attached hydrogen (secondary N) is 1. The van der Waals surface area contributed by atoms with Crippen molar-refractivity contribution in [3.63, 3.8) is 0 Å². The van der Waals surface area contributed by atoms with Crippen LogP contribution in [0.1, 0.15) is 0 Å². The van der Waals surface area contributed by atoms with Gasteiger partial charge in [0, 0.05) is 6.07 Å². The Balaban J connectivity index is 2.67. The number of aromatic nitrogens is 2. The van der Waals surface area contributed by atoms with Crippen LogP contribution in [0.3, 0.4) is 0 Å². The van der Waals surface area contributed by atoms with Gasteiger partial charge in [0.15, 0.2) is 0 Å². The Morgan fingerprint density at radius 3 is 2.50 bits per heavy atom. The minimum Gasteiger partial charge on any atom is -0.495 e. The molecule has 18 heavy (non-hydrogen) atoms. The molecule has 0 amide bonds. The van der Waals surface area contributed by atoms with Crippen LogP contribution in [0, 0.1) is 0 Å². The molecule has 0 atom stereocenters. The van der Waals surface area contributed by atoms with Crippen LogP contribution in [0.2, 0.25) is 10.2 Å². The van der Waals surface area contributed by atoms with Gasteiger partial charge in [0.25, 0.3) is 5.56 Å². The van der Waals surface area contributed by atoms with Gasteiger partial charge in [-0.1, -0.05) is 23.2 Å². The molecule has 0 saturated heterocycles. The zero-order chi connectivity index (χ0) is 13.3. The van der Waals surface area contributed by atoms with Crippen LogP contribution in [0.4, 0.5) is 0 Å². The summed E-state index contributed by atoms with van der Waals surface area (Å²) in [7, 11) is 1.47. The van der Waals surface area contributed by atoms with Crippen molar-refractivity contribution in [1.82, 2.24) is 9.55 Å². The Morgan fingerprint density at radius 1 is 1.22 bits per heavy atom. The fourth-order valence-electron chi connectivity index (χ4n) is 1.51. The molecule has 0 aliphatic rings. The molecule has 0 radical (unpaired) electrons. The third-order valence-electron chi connectivity index (χ3n) is 2.29. The molecule has 1 aromatic carbocycles. The topological polar surface area (TPSA) is 64.1 Å².